The molecule has 0 aromatic rings. The minimum absolute atomic E-state index is 0. The van der Waals surface area contributed by atoms with E-state index in [9.17, 15) is 0 Å². The Morgan fingerprint density at radius 2 is 1.71 bits per heavy atom. The molecule has 0 atom stereocenters. The van der Waals surface area contributed by atoms with Crippen LogP contribution in [0.4, 0.5) is 0 Å². The van der Waals surface area contributed by atoms with Crippen LogP contribution in [0.3, 0.4) is 0 Å². The standard InChI is InChI=1S/C16H30N4O3.HI/c1-2-23-14-11-16(12-14,20-5-9-22-10-6-20)13-18-15(17)19-3-7-21-8-4-19;/h14H,2-13H2,1H3,(H2,17,18);1H. The SMILES string of the molecule is CCOC1CC(CN=C(N)N2CCOCC2)(N2CCOCC2)C1.I. The molecule has 0 amide bonds. The van der Waals surface area contributed by atoms with Crippen molar-refractivity contribution in [3.05, 3.63) is 0 Å². The fourth-order valence-electron chi connectivity index (χ4n) is 3.79. The number of nitrogens with two attached hydrogens (primary N) is 1. The first kappa shape index (κ1) is 20.2. The van der Waals surface area contributed by atoms with Gasteiger partial charge in [-0.1, -0.05) is 0 Å². The van der Waals surface area contributed by atoms with Gasteiger partial charge in [0.2, 0.25) is 0 Å². The van der Waals surface area contributed by atoms with E-state index in [1.165, 1.54) is 0 Å². The maximum atomic E-state index is 6.20. The van der Waals surface area contributed by atoms with E-state index in [1.807, 2.05) is 0 Å². The second kappa shape index (κ2) is 9.51. The lowest BCUT2D eigenvalue weighted by Gasteiger charge is -2.54. The maximum Gasteiger partial charge on any atom is 0.191 e. The molecule has 24 heavy (non-hydrogen) atoms. The number of nitrogens with zero attached hydrogens (tertiary/aromatic N) is 3. The van der Waals surface area contributed by atoms with E-state index >= 15 is 0 Å². The van der Waals surface area contributed by atoms with Crippen LogP contribution >= 0.6 is 24.0 Å². The zero-order valence-electron chi connectivity index (χ0n) is 14.6. The summed E-state index contributed by atoms with van der Waals surface area (Å²) in [4.78, 5) is 9.39. The Labute approximate surface area is 161 Å². The zero-order chi connectivity index (χ0) is 16.1. The van der Waals surface area contributed by atoms with Gasteiger partial charge in [0.25, 0.3) is 0 Å². The normalized spacial score (nSPS) is 32.1. The smallest absolute Gasteiger partial charge is 0.191 e. The van der Waals surface area contributed by atoms with Crippen molar-refractivity contribution in [2.24, 2.45) is 10.7 Å². The fourth-order valence-corrected chi connectivity index (χ4v) is 3.79. The van der Waals surface area contributed by atoms with Gasteiger partial charge in [0.05, 0.1) is 39.1 Å². The molecule has 3 aliphatic rings. The number of halogens is 1. The Bertz CT molecular complexity index is 406. The molecule has 2 aliphatic heterocycles. The molecule has 0 bridgehead atoms. The number of ether oxygens (including phenoxy) is 3. The Morgan fingerprint density at radius 3 is 2.29 bits per heavy atom. The lowest BCUT2D eigenvalue weighted by Crippen LogP contribution is -2.64. The highest BCUT2D eigenvalue weighted by Gasteiger charge is 2.49. The van der Waals surface area contributed by atoms with Gasteiger partial charge < -0.3 is 24.8 Å². The first-order chi connectivity index (χ1) is 11.2. The molecule has 8 heteroatoms. The number of hydrogen-bond acceptors (Lipinski definition) is 5. The van der Waals surface area contributed by atoms with E-state index in [4.69, 9.17) is 24.9 Å². The van der Waals surface area contributed by atoms with Crippen LogP contribution in [0.2, 0.25) is 0 Å². The van der Waals surface area contributed by atoms with Crippen molar-refractivity contribution in [1.29, 1.82) is 0 Å². The van der Waals surface area contributed by atoms with E-state index in [0.29, 0.717) is 12.1 Å². The highest BCUT2D eigenvalue weighted by molar-refractivity contribution is 14.0. The predicted octanol–water partition coefficient (Wildman–Crippen LogP) is 0.521. The van der Waals surface area contributed by atoms with Gasteiger partial charge in [0.15, 0.2) is 5.96 Å². The van der Waals surface area contributed by atoms with Gasteiger partial charge in [0.1, 0.15) is 0 Å². The van der Waals surface area contributed by atoms with Crippen molar-refractivity contribution < 1.29 is 14.2 Å². The van der Waals surface area contributed by atoms with Gasteiger partial charge >= 0.3 is 0 Å². The van der Waals surface area contributed by atoms with Gasteiger partial charge in [-0.2, -0.15) is 0 Å². The molecule has 140 valence electrons. The quantitative estimate of drug-likeness (QED) is 0.371. The molecule has 1 saturated carbocycles. The molecule has 2 heterocycles. The average molecular weight is 454 g/mol. The summed E-state index contributed by atoms with van der Waals surface area (Å²) in [5.41, 5.74) is 6.30. The molecule has 0 aromatic heterocycles. The predicted molar refractivity (Wildman–Crippen MR) is 104 cm³/mol. The van der Waals surface area contributed by atoms with E-state index in [-0.39, 0.29) is 29.5 Å². The molecule has 1 aliphatic carbocycles. The summed E-state index contributed by atoms with van der Waals surface area (Å²) >= 11 is 0. The van der Waals surface area contributed by atoms with Crippen molar-refractivity contribution in [3.8, 4) is 0 Å². The van der Waals surface area contributed by atoms with Crippen molar-refractivity contribution in [2.45, 2.75) is 31.4 Å². The van der Waals surface area contributed by atoms with E-state index in [0.717, 1.165) is 78.6 Å². The molecule has 0 radical (unpaired) electrons. The van der Waals surface area contributed by atoms with Gasteiger partial charge in [-0.15, -0.1) is 24.0 Å². The first-order valence-corrected chi connectivity index (χ1v) is 8.80. The monoisotopic (exact) mass is 454 g/mol. The summed E-state index contributed by atoms with van der Waals surface area (Å²) in [5.74, 6) is 0.654. The molecule has 3 fully saturated rings. The van der Waals surface area contributed by atoms with Crippen molar-refractivity contribution in [3.63, 3.8) is 0 Å². The van der Waals surface area contributed by atoms with Gasteiger partial charge in [-0.25, -0.2) is 0 Å². The highest BCUT2D eigenvalue weighted by atomic mass is 127. The van der Waals surface area contributed by atoms with Crippen LogP contribution in [0.5, 0.6) is 0 Å². The maximum absolute atomic E-state index is 6.20. The number of hydrogen-bond donors (Lipinski definition) is 1. The molecule has 0 unspecified atom stereocenters. The topological polar surface area (TPSA) is 72.5 Å². The molecule has 0 spiro atoms. The van der Waals surface area contributed by atoms with E-state index < -0.39 is 0 Å². The van der Waals surface area contributed by atoms with Crippen LogP contribution in [0, 0.1) is 0 Å². The lowest BCUT2D eigenvalue weighted by atomic mass is 9.72. The minimum atomic E-state index is 0. The molecule has 0 aromatic carbocycles. The Balaban J connectivity index is 0.00000208. The second-order valence-corrected chi connectivity index (χ2v) is 6.58. The van der Waals surface area contributed by atoms with Crippen molar-refractivity contribution >= 4 is 29.9 Å². The third kappa shape index (κ3) is 4.72. The summed E-state index contributed by atoms with van der Waals surface area (Å²) < 4.78 is 16.7. The molecular formula is C16H31IN4O3. The fraction of sp³-hybridized carbons (Fsp3) is 0.938. The molecule has 2 N–H and O–H groups in total. The molecule has 3 rings (SSSR count). The van der Waals surface area contributed by atoms with Gasteiger partial charge in [-0.05, 0) is 19.8 Å². The second-order valence-electron chi connectivity index (χ2n) is 6.58. The Hall–Kier alpha value is -0.160. The van der Waals surface area contributed by atoms with Crippen LogP contribution in [0.1, 0.15) is 19.8 Å². The summed E-state index contributed by atoms with van der Waals surface area (Å²) in [6.07, 6.45) is 2.45. The molecule has 7 nitrogen and oxygen atoms in total. The molecular weight excluding hydrogens is 423 g/mol. The van der Waals surface area contributed by atoms with E-state index in [2.05, 4.69) is 16.7 Å². The molecule has 2 saturated heterocycles. The van der Waals surface area contributed by atoms with Crippen LogP contribution in [-0.4, -0.2) is 93.2 Å². The lowest BCUT2D eigenvalue weighted by molar-refractivity contribution is -0.122. The van der Waals surface area contributed by atoms with Gasteiger partial charge in [0, 0.05) is 38.3 Å². The van der Waals surface area contributed by atoms with Crippen molar-refractivity contribution in [2.75, 3.05) is 65.8 Å². The summed E-state index contributed by atoms with van der Waals surface area (Å²) in [6, 6.07) is 0. The van der Waals surface area contributed by atoms with Crippen LogP contribution in [0.25, 0.3) is 0 Å². The number of morpholine rings is 2. The number of rotatable bonds is 5. The zero-order valence-corrected chi connectivity index (χ0v) is 16.9. The third-order valence-electron chi connectivity index (χ3n) is 5.17. The third-order valence-corrected chi connectivity index (χ3v) is 5.17. The average Bonchev–Trinajstić information content (AvgIpc) is 2.58. The Morgan fingerprint density at radius 1 is 1.12 bits per heavy atom. The van der Waals surface area contributed by atoms with Crippen molar-refractivity contribution in [1.82, 2.24) is 9.80 Å². The summed E-state index contributed by atoms with van der Waals surface area (Å²) in [5, 5.41) is 0. The largest absolute Gasteiger partial charge is 0.379 e. The highest BCUT2D eigenvalue weighted by Crippen LogP contribution is 2.40. The van der Waals surface area contributed by atoms with Gasteiger partial charge in [-0.3, -0.25) is 9.89 Å². The summed E-state index contributed by atoms with van der Waals surface area (Å²) in [7, 11) is 0. The first-order valence-electron chi connectivity index (χ1n) is 8.80. The number of aliphatic imine (C=N–C) groups is 1. The Kier molecular flexibility index (Phi) is 7.99. The van der Waals surface area contributed by atoms with Crippen LogP contribution in [0.15, 0.2) is 4.99 Å². The number of guanidine groups is 1. The van der Waals surface area contributed by atoms with Crippen LogP contribution in [-0.2, 0) is 14.2 Å². The van der Waals surface area contributed by atoms with Crippen LogP contribution < -0.4 is 5.73 Å². The summed E-state index contributed by atoms with van der Waals surface area (Å²) in [6.45, 7) is 10.3. The van der Waals surface area contributed by atoms with E-state index in [1.54, 1.807) is 0 Å². The minimum Gasteiger partial charge on any atom is -0.379 e.